The summed E-state index contributed by atoms with van der Waals surface area (Å²) in [5.41, 5.74) is 5.16. The number of rotatable bonds is 8. The van der Waals surface area contributed by atoms with Crippen LogP contribution in [0.25, 0.3) is 10.8 Å². The number of amides is 4. The van der Waals surface area contributed by atoms with Gasteiger partial charge in [-0.05, 0) is 61.4 Å². The highest BCUT2D eigenvalue weighted by molar-refractivity contribution is 6.01. The van der Waals surface area contributed by atoms with E-state index in [9.17, 15) is 24.3 Å². The van der Waals surface area contributed by atoms with Crippen molar-refractivity contribution < 1.29 is 29.0 Å². The number of carbonyl (C=O) groups excluding carboxylic acids is 4. The molecule has 0 fully saturated rings. The maximum Gasteiger partial charge on any atom is 0.408 e. The SMILES string of the molecule is C#CN(C(=O)C(CC(N)=O)NC(=O)OC(C)(C)C)C(C(=O)Nc1ccc2ccccc2c1)c1ccc(O)cc1. The largest absolute Gasteiger partial charge is 0.508 e. The van der Waals surface area contributed by atoms with Crippen LogP contribution < -0.4 is 16.4 Å². The third kappa shape index (κ3) is 7.72. The first kappa shape index (κ1) is 28.5. The molecule has 10 heteroatoms. The highest BCUT2D eigenvalue weighted by Crippen LogP contribution is 2.27. The number of ether oxygens (including phenoxy) is 1. The molecule has 0 radical (unpaired) electrons. The first-order valence-corrected chi connectivity index (χ1v) is 12.0. The Morgan fingerprint density at radius 2 is 1.67 bits per heavy atom. The van der Waals surface area contributed by atoms with Gasteiger partial charge >= 0.3 is 6.09 Å². The predicted molar refractivity (Wildman–Crippen MR) is 146 cm³/mol. The van der Waals surface area contributed by atoms with E-state index in [1.54, 1.807) is 32.9 Å². The molecule has 3 rings (SSSR count). The monoisotopic (exact) mass is 530 g/mol. The molecule has 10 nitrogen and oxygen atoms in total. The first-order valence-electron chi connectivity index (χ1n) is 12.0. The Labute approximate surface area is 226 Å². The van der Waals surface area contributed by atoms with Gasteiger partial charge < -0.3 is 26.2 Å². The standard InChI is InChI=1S/C29H30N4O6/c1-5-33(27(37)23(17-24(30)35)32-28(38)39-29(2,3)4)25(19-11-14-22(34)15-12-19)26(36)31-21-13-10-18-8-6-7-9-20(18)16-21/h1,6-16,23,25,34H,17H2,2-4H3,(H2,30,35)(H,31,36)(H,32,38). The van der Waals surface area contributed by atoms with E-state index in [0.717, 1.165) is 15.7 Å². The van der Waals surface area contributed by atoms with Crippen LogP contribution in [0.4, 0.5) is 10.5 Å². The van der Waals surface area contributed by atoms with Crippen LogP contribution in [0.5, 0.6) is 5.75 Å². The first-order chi connectivity index (χ1) is 18.4. The van der Waals surface area contributed by atoms with E-state index in [2.05, 4.69) is 16.7 Å². The fourth-order valence-electron chi connectivity index (χ4n) is 3.84. The Balaban J connectivity index is 1.97. The number of nitrogens with one attached hydrogen (secondary N) is 2. The number of carbonyl (C=O) groups is 4. The van der Waals surface area contributed by atoms with Crippen molar-refractivity contribution >= 4 is 40.3 Å². The summed E-state index contributed by atoms with van der Waals surface area (Å²) in [6, 6.07) is 17.7. The second kappa shape index (κ2) is 12.0. The average Bonchev–Trinajstić information content (AvgIpc) is 2.85. The summed E-state index contributed by atoms with van der Waals surface area (Å²) < 4.78 is 5.20. The van der Waals surface area contributed by atoms with Gasteiger partial charge in [-0.1, -0.05) is 48.9 Å². The molecule has 0 aliphatic carbocycles. The molecular weight excluding hydrogens is 500 g/mol. The van der Waals surface area contributed by atoms with E-state index in [1.165, 1.54) is 24.3 Å². The van der Waals surface area contributed by atoms with E-state index in [0.29, 0.717) is 5.69 Å². The molecule has 0 bridgehead atoms. The maximum absolute atomic E-state index is 13.6. The van der Waals surface area contributed by atoms with Crippen molar-refractivity contribution in [3.63, 3.8) is 0 Å². The average molecular weight is 531 g/mol. The number of phenolic OH excluding ortho intramolecular Hbond substituents is 1. The second-order valence-corrected chi connectivity index (χ2v) is 9.75. The van der Waals surface area contributed by atoms with Crippen molar-refractivity contribution in [3.8, 4) is 18.2 Å². The summed E-state index contributed by atoms with van der Waals surface area (Å²) in [4.78, 5) is 52.2. The molecule has 39 heavy (non-hydrogen) atoms. The van der Waals surface area contributed by atoms with Crippen LogP contribution in [0.15, 0.2) is 66.7 Å². The topological polar surface area (TPSA) is 151 Å². The smallest absolute Gasteiger partial charge is 0.408 e. The number of hydrogen-bond donors (Lipinski definition) is 4. The molecule has 0 saturated carbocycles. The zero-order chi connectivity index (χ0) is 28.7. The zero-order valence-electron chi connectivity index (χ0n) is 21.8. The van der Waals surface area contributed by atoms with Crippen molar-refractivity contribution in [3.05, 3.63) is 72.3 Å². The molecule has 0 saturated heterocycles. The van der Waals surface area contributed by atoms with Gasteiger partial charge in [0.2, 0.25) is 5.91 Å². The van der Waals surface area contributed by atoms with Crippen LogP contribution in [0.3, 0.4) is 0 Å². The molecule has 5 N–H and O–H groups in total. The van der Waals surface area contributed by atoms with E-state index in [1.807, 2.05) is 30.3 Å². The molecule has 0 aromatic heterocycles. The van der Waals surface area contributed by atoms with Crippen LogP contribution in [0.1, 0.15) is 38.8 Å². The molecular formula is C29H30N4O6. The normalized spacial score (nSPS) is 12.5. The molecule has 202 valence electrons. The van der Waals surface area contributed by atoms with Crippen LogP contribution in [0.2, 0.25) is 0 Å². The Morgan fingerprint density at radius 3 is 2.26 bits per heavy atom. The molecule has 0 heterocycles. The van der Waals surface area contributed by atoms with Gasteiger partial charge in [-0.2, -0.15) is 0 Å². The number of benzene rings is 3. The molecule has 2 atom stereocenters. The fraction of sp³-hybridized carbons (Fsp3) is 0.241. The minimum absolute atomic E-state index is 0.0655. The van der Waals surface area contributed by atoms with Gasteiger partial charge in [0, 0.05) is 11.7 Å². The van der Waals surface area contributed by atoms with Crippen LogP contribution in [-0.4, -0.2) is 45.5 Å². The van der Waals surface area contributed by atoms with Gasteiger partial charge in [-0.3, -0.25) is 19.3 Å². The van der Waals surface area contributed by atoms with Gasteiger partial charge in [0.1, 0.15) is 23.4 Å². The number of phenols is 1. The Morgan fingerprint density at radius 1 is 1.03 bits per heavy atom. The molecule has 3 aromatic carbocycles. The number of alkyl carbamates (subject to hydrolysis) is 1. The number of hydrogen-bond acceptors (Lipinski definition) is 6. The molecule has 0 aliphatic heterocycles. The Kier molecular flexibility index (Phi) is 8.78. The fourth-order valence-corrected chi connectivity index (χ4v) is 3.84. The minimum Gasteiger partial charge on any atom is -0.508 e. The van der Waals surface area contributed by atoms with Gasteiger partial charge in [0.15, 0.2) is 0 Å². The van der Waals surface area contributed by atoms with Crippen molar-refractivity contribution in [2.24, 2.45) is 5.73 Å². The summed E-state index contributed by atoms with van der Waals surface area (Å²) in [7, 11) is 0. The number of nitrogens with two attached hydrogens (primary N) is 1. The highest BCUT2D eigenvalue weighted by Gasteiger charge is 2.36. The number of anilines is 1. The molecule has 4 amide bonds. The summed E-state index contributed by atoms with van der Waals surface area (Å²) in [6.07, 6.45) is 4.15. The van der Waals surface area contributed by atoms with Crippen LogP contribution >= 0.6 is 0 Å². The van der Waals surface area contributed by atoms with Crippen molar-refractivity contribution in [1.29, 1.82) is 0 Å². The summed E-state index contributed by atoms with van der Waals surface area (Å²) >= 11 is 0. The Hall–Kier alpha value is -5.04. The zero-order valence-corrected chi connectivity index (χ0v) is 21.8. The van der Waals surface area contributed by atoms with Crippen LogP contribution in [-0.2, 0) is 19.1 Å². The number of nitrogens with zero attached hydrogens (tertiary/aromatic N) is 1. The van der Waals surface area contributed by atoms with E-state index in [4.69, 9.17) is 16.9 Å². The minimum atomic E-state index is -1.51. The number of primary amides is 1. The molecule has 0 spiro atoms. The van der Waals surface area contributed by atoms with E-state index in [-0.39, 0.29) is 11.3 Å². The number of aromatic hydroxyl groups is 1. The highest BCUT2D eigenvalue weighted by atomic mass is 16.6. The van der Waals surface area contributed by atoms with Gasteiger partial charge in [-0.25, -0.2) is 4.79 Å². The predicted octanol–water partition coefficient (Wildman–Crippen LogP) is 3.41. The van der Waals surface area contributed by atoms with Crippen molar-refractivity contribution in [2.75, 3.05) is 5.32 Å². The van der Waals surface area contributed by atoms with E-state index < -0.39 is 47.9 Å². The summed E-state index contributed by atoms with van der Waals surface area (Å²) in [5, 5.41) is 16.7. The molecule has 3 aromatic rings. The third-order valence-corrected chi connectivity index (χ3v) is 5.50. The lowest BCUT2D eigenvalue weighted by atomic mass is 10.0. The van der Waals surface area contributed by atoms with Gasteiger partial charge in [-0.15, -0.1) is 0 Å². The molecule has 2 unspecified atom stereocenters. The van der Waals surface area contributed by atoms with Gasteiger partial charge in [0.05, 0.1) is 6.42 Å². The number of terminal acetylenes is 1. The quantitative estimate of drug-likeness (QED) is 0.259. The van der Waals surface area contributed by atoms with Crippen molar-refractivity contribution in [2.45, 2.75) is 44.9 Å². The third-order valence-electron chi connectivity index (χ3n) is 5.50. The lowest BCUT2D eigenvalue weighted by Gasteiger charge is -2.30. The van der Waals surface area contributed by atoms with E-state index >= 15 is 0 Å². The lowest BCUT2D eigenvalue weighted by Crippen LogP contribution is -2.52. The lowest BCUT2D eigenvalue weighted by molar-refractivity contribution is -0.138. The van der Waals surface area contributed by atoms with Crippen molar-refractivity contribution in [1.82, 2.24) is 10.2 Å². The second-order valence-electron chi connectivity index (χ2n) is 9.75. The summed E-state index contributed by atoms with van der Waals surface area (Å²) in [6.45, 7) is 4.88. The Bertz CT molecular complexity index is 1420. The van der Waals surface area contributed by atoms with Gasteiger partial charge in [0.25, 0.3) is 11.8 Å². The summed E-state index contributed by atoms with van der Waals surface area (Å²) in [5.74, 6) is -2.56. The molecule has 0 aliphatic rings. The maximum atomic E-state index is 13.6. The van der Waals surface area contributed by atoms with Crippen LogP contribution in [0, 0.1) is 12.5 Å². The number of fused-ring (bicyclic) bond motifs is 1.